The van der Waals surface area contributed by atoms with Gasteiger partial charge in [0.2, 0.25) is 11.8 Å². The first-order chi connectivity index (χ1) is 11.3. The monoisotopic (exact) mass is 346 g/mol. The van der Waals surface area contributed by atoms with Crippen LogP contribution in [0.25, 0.3) is 0 Å². The van der Waals surface area contributed by atoms with Crippen LogP contribution in [0, 0.1) is 11.7 Å². The van der Waals surface area contributed by atoms with Crippen LogP contribution in [-0.2, 0) is 16.0 Å². The van der Waals surface area contributed by atoms with Gasteiger partial charge in [0.05, 0.1) is 0 Å². The second-order valence-electron chi connectivity index (χ2n) is 5.32. The molecule has 0 atom stereocenters. The maximum atomic E-state index is 12.0. The number of rotatable bonds is 5. The van der Waals surface area contributed by atoms with Crippen LogP contribution in [0.2, 0.25) is 0 Å². The molecule has 4 N–H and O–H groups in total. The number of amides is 2. The molecule has 0 aliphatic heterocycles. The summed E-state index contributed by atoms with van der Waals surface area (Å²) in [5.41, 5.74) is 2.18. The number of benzene rings is 1. The van der Waals surface area contributed by atoms with Gasteiger partial charge in [0.1, 0.15) is 0 Å². The van der Waals surface area contributed by atoms with Crippen molar-refractivity contribution in [1.82, 2.24) is 9.97 Å². The van der Waals surface area contributed by atoms with Gasteiger partial charge in [-0.25, -0.2) is 0 Å². The van der Waals surface area contributed by atoms with E-state index in [-0.39, 0.29) is 28.6 Å². The Balaban J connectivity index is 1.95. The lowest BCUT2D eigenvalue weighted by Crippen LogP contribution is -2.19. The van der Waals surface area contributed by atoms with Crippen LogP contribution in [-0.4, -0.2) is 21.8 Å². The predicted octanol–water partition coefficient (Wildman–Crippen LogP) is 2.27. The maximum absolute atomic E-state index is 12.0. The molecule has 8 heteroatoms. The van der Waals surface area contributed by atoms with Crippen molar-refractivity contribution in [3.63, 3.8) is 0 Å². The van der Waals surface area contributed by atoms with Crippen LogP contribution < -0.4 is 16.2 Å². The molecule has 126 valence electrons. The molecule has 2 amide bonds. The van der Waals surface area contributed by atoms with Crippen LogP contribution >= 0.6 is 12.2 Å². The minimum Gasteiger partial charge on any atom is -0.336 e. The Kier molecular flexibility index (Phi) is 5.64. The minimum atomic E-state index is -0.274. The van der Waals surface area contributed by atoms with Gasteiger partial charge in [0, 0.05) is 36.0 Å². The maximum Gasteiger partial charge on any atom is 0.255 e. The molecule has 2 rings (SSSR count). The minimum absolute atomic E-state index is 0.158. The number of anilines is 2. The van der Waals surface area contributed by atoms with Gasteiger partial charge in [-0.2, -0.15) is 0 Å². The molecule has 0 saturated heterocycles. The van der Waals surface area contributed by atoms with Gasteiger partial charge in [-0.1, -0.05) is 0 Å². The quantitative estimate of drug-likeness (QED) is 0.623. The Morgan fingerprint density at radius 1 is 1.08 bits per heavy atom. The summed E-state index contributed by atoms with van der Waals surface area (Å²) in [6.07, 6.45) is 0.477. The molecule has 0 aliphatic carbocycles. The van der Waals surface area contributed by atoms with E-state index in [4.69, 9.17) is 12.2 Å². The van der Waals surface area contributed by atoms with Crippen LogP contribution in [0.4, 0.5) is 11.4 Å². The van der Waals surface area contributed by atoms with Crippen molar-refractivity contribution in [1.29, 1.82) is 0 Å². The number of nitrogens with one attached hydrogen (secondary N) is 4. The van der Waals surface area contributed by atoms with Crippen molar-refractivity contribution in [3.05, 3.63) is 50.6 Å². The van der Waals surface area contributed by atoms with Crippen LogP contribution in [0.5, 0.6) is 0 Å². The highest BCUT2D eigenvalue weighted by Crippen LogP contribution is 2.14. The molecular formula is C16H18N4O3S. The molecule has 24 heavy (non-hydrogen) atoms. The SMILES string of the molecule is CC(=O)Nc1ccc(NC(=O)CCc2c(C)[nH]c(=S)[nH]c2=O)cc1. The summed E-state index contributed by atoms with van der Waals surface area (Å²) in [4.78, 5) is 40.2. The lowest BCUT2D eigenvalue weighted by atomic mass is 10.1. The fraction of sp³-hybridized carbons (Fsp3) is 0.250. The Morgan fingerprint density at radius 3 is 2.21 bits per heavy atom. The van der Waals surface area contributed by atoms with Crippen LogP contribution in [0.1, 0.15) is 24.6 Å². The van der Waals surface area contributed by atoms with E-state index in [9.17, 15) is 14.4 Å². The highest BCUT2D eigenvalue weighted by molar-refractivity contribution is 7.71. The van der Waals surface area contributed by atoms with E-state index in [0.717, 1.165) is 0 Å². The standard InChI is InChI=1S/C16H18N4O3S/c1-9-13(15(23)20-16(24)17-9)7-8-14(22)19-12-5-3-11(4-6-12)18-10(2)21/h3-6H,7-8H2,1-2H3,(H,18,21)(H,19,22)(H2,17,20,23,24). The number of carbonyl (C=O) groups excluding carboxylic acids is 2. The van der Waals surface area contributed by atoms with E-state index < -0.39 is 0 Å². The number of H-pyrrole nitrogens is 2. The topological polar surface area (TPSA) is 107 Å². The number of hydrogen-bond donors (Lipinski definition) is 4. The van der Waals surface area contributed by atoms with E-state index in [1.54, 1.807) is 31.2 Å². The summed E-state index contributed by atoms with van der Waals surface area (Å²) >= 11 is 4.89. The molecule has 0 spiro atoms. The van der Waals surface area contributed by atoms with Crippen molar-refractivity contribution < 1.29 is 9.59 Å². The van der Waals surface area contributed by atoms with E-state index in [0.29, 0.717) is 29.1 Å². The second-order valence-corrected chi connectivity index (χ2v) is 5.73. The Hall–Kier alpha value is -2.74. The molecule has 0 aliphatic rings. The zero-order valence-electron chi connectivity index (χ0n) is 13.4. The van der Waals surface area contributed by atoms with Crippen LogP contribution in [0.15, 0.2) is 29.1 Å². The predicted molar refractivity (Wildman–Crippen MR) is 94.7 cm³/mol. The second kappa shape index (κ2) is 7.69. The van der Waals surface area contributed by atoms with Gasteiger partial charge >= 0.3 is 0 Å². The third-order valence-electron chi connectivity index (χ3n) is 3.35. The number of aromatic amines is 2. The molecule has 0 unspecified atom stereocenters. The average Bonchev–Trinajstić information content (AvgIpc) is 2.47. The Labute approximate surface area is 143 Å². The van der Waals surface area contributed by atoms with Gasteiger partial charge in [0.25, 0.3) is 5.56 Å². The van der Waals surface area contributed by atoms with Crippen molar-refractivity contribution in [2.45, 2.75) is 26.7 Å². The van der Waals surface area contributed by atoms with Gasteiger partial charge in [-0.15, -0.1) is 0 Å². The number of carbonyl (C=O) groups is 2. The number of aryl methyl sites for hydroxylation is 1. The molecule has 0 bridgehead atoms. The fourth-order valence-corrected chi connectivity index (χ4v) is 2.47. The van der Waals surface area contributed by atoms with Gasteiger partial charge in [0.15, 0.2) is 4.77 Å². The molecule has 1 aromatic carbocycles. The molecule has 1 aromatic heterocycles. The summed E-state index contributed by atoms with van der Waals surface area (Å²) < 4.78 is 0.268. The van der Waals surface area contributed by atoms with E-state index in [1.165, 1.54) is 6.92 Å². The molecular weight excluding hydrogens is 328 g/mol. The molecule has 7 nitrogen and oxygen atoms in total. The Morgan fingerprint density at radius 2 is 1.67 bits per heavy atom. The fourth-order valence-electron chi connectivity index (χ4n) is 2.23. The van der Waals surface area contributed by atoms with Gasteiger partial charge in [-0.05, 0) is 49.8 Å². The van der Waals surface area contributed by atoms with E-state index >= 15 is 0 Å². The summed E-state index contributed by atoms with van der Waals surface area (Å²) in [5, 5.41) is 5.40. The summed E-state index contributed by atoms with van der Waals surface area (Å²) in [7, 11) is 0. The molecule has 0 radical (unpaired) electrons. The smallest absolute Gasteiger partial charge is 0.255 e. The normalized spacial score (nSPS) is 10.2. The zero-order valence-corrected chi connectivity index (χ0v) is 14.2. The first kappa shape index (κ1) is 17.6. The van der Waals surface area contributed by atoms with Crippen molar-refractivity contribution in [2.75, 3.05) is 10.6 Å². The average molecular weight is 346 g/mol. The highest BCUT2D eigenvalue weighted by Gasteiger charge is 2.09. The van der Waals surface area contributed by atoms with Gasteiger partial charge < -0.3 is 15.6 Å². The molecule has 0 fully saturated rings. The van der Waals surface area contributed by atoms with Crippen molar-refractivity contribution in [2.24, 2.45) is 0 Å². The highest BCUT2D eigenvalue weighted by atomic mass is 32.1. The largest absolute Gasteiger partial charge is 0.336 e. The third kappa shape index (κ3) is 4.88. The van der Waals surface area contributed by atoms with E-state index in [1.807, 2.05) is 0 Å². The van der Waals surface area contributed by atoms with Crippen LogP contribution in [0.3, 0.4) is 0 Å². The van der Waals surface area contributed by atoms with Crippen molar-refractivity contribution in [3.8, 4) is 0 Å². The summed E-state index contributed by atoms with van der Waals surface area (Å²) in [6, 6.07) is 6.79. The first-order valence-electron chi connectivity index (χ1n) is 7.34. The lowest BCUT2D eigenvalue weighted by molar-refractivity contribution is -0.116. The molecule has 0 saturated carbocycles. The Bertz CT molecular complexity index is 868. The van der Waals surface area contributed by atoms with Gasteiger partial charge in [-0.3, -0.25) is 19.4 Å². The number of aromatic nitrogens is 2. The third-order valence-corrected chi connectivity index (χ3v) is 3.55. The molecule has 2 aromatic rings. The summed E-state index contributed by atoms with van der Waals surface area (Å²) in [5.74, 6) is -0.363. The lowest BCUT2D eigenvalue weighted by Gasteiger charge is -2.08. The number of hydrogen-bond acceptors (Lipinski definition) is 4. The zero-order chi connectivity index (χ0) is 17.7. The summed E-state index contributed by atoms with van der Waals surface area (Å²) in [6.45, 7) is 3.17. The van der Waals surface area contributed by atoms with E-state index in [2.05, 4.69) is 20.6 Å². The van der Waals surface area contributed by atoms with Crippen molar-refractivity contribution >= 4 is 35.4 Å². The molecule has 1 heterocycles. The first-order valence-corrected chi connectivity index (χ1v) is 7.75.